The molecule has 0 saturated heterocycles. The molecule has 0 amide bonds. The lowest BCUT2D eigenvalue weighted by Gasteiger charge is -2.27. The molecule has 1 fully saturated rings. The summed E-state index contributed by atoms with van der Waals surface area (Å²) in [4.78, 5) is 0. The molecule has 1 atom stereocenters. The zero-order valence-corrected chi connectivity index (χ0v) is 10.7. The molecule has 1 aromatic carbocycles. The van der Waals surface area contributed by atoms with Crippen LogP contribution < -0.4 is 5.32 Å². The maximum absolute atomic E-state index is 5.19. The fraction of sp³-hybridized carbons (Fsp3) is 0.375. The van der Waals surface area contributed by atoms with Crippen LogP contribution in [0.1, 0.15) is 47.9 Å². The van der Waals surface area contributed by atoms with E-state index >= 15 is 0 Å². The van der Waals surface area contributed by atoms with E-state index < -0.39 is 0 Å². The third kappa shape index (κ3) is 2.08. The summed E-state index contributed by atoms with van der Waals surface area (Å²) in [5, 5.41) is 3.36. The van der Waals surface area contributed by atoms with E-state index in [1.807, 2.05) is 19.4 Å². The summed E-state index contributed by atoms with van der Waals surface area (Å²) in [5.41, 5.74) is 3.99. The van der Waals surface area contributed by atoms with Crippen LogP contribution in [0.2, 0.25) is 0 Å². The van der Waals surface area contributed by atoms with Crippen LogP contribution in [-0.2, 0) is 0 Å². The van der Waals surface area contributed by atoms with E-state index in [0.29, 0.717) is 0 Å². The first-order chi connectivity index (χ1) is 8.88. The minimum absolute atomic E-state index is 0.226. The van der Waals surface area contributed by atoms with Gasteiger partial charge in [-0.25, -0.2) is 0 Å². The molecular weight excluding hydrogens is 222 g/mol. The fourth-order valence-corrected chi connectivity index (χ4v) is 2.70. The van der Waals surface area contributed by atoms with Crippen LogP contribution in [0.5, 0.6) is 0 Å². The molecule has 94 valence electrons. The number of benzene rings is 1. The van der Waals surface area contributed by atoms with Crippen molar-refractivity contribution in [3.05, 3.63) is 59.5 Å². The SMILES string of the molecule is CNC(c1ccoc1)c1cccc(C2CCC2)c1. The van der Waals surface area contributed by atoms with Crippen LogP contribution in [0, 0.1) is 0 Å². The lowest BCUT2D eigenvalue weighted by atomic mass is 9.79. The van der Waals surface area contributed by atoms with Crippen LogP contribution >= 0.6 is 0 Å². The van der Waals surface area contributed by atoms with Gasteiger partial charge in [0.2, 0.25) is 0 Å². The predicted octanol–water partition coefficient (Wildman–Crippen LogP) is 3.86. The van der Waals surface area contributed by atoms with Gasteiger partial charge in [0.05, 0.1) is 18.6 Å². The highest BCUT2D eigenvalue weighted by molar-refractivity contribution is 5.34. The molecule has 0 aliphatic heterocycles. The van der Waals surface area contributed by atoms with Gasteiger partial charge in [-0.05, 0) is 43.0 Å². The van der Waals surface area contributed by atoms with Gasteiger partial charge in [0.1, 0.15) is 0 Å². The molecule has 1 aromatic heterocycles. The zero-order valence-electron chi connectivity index (χ0n) is 10.7. The van der Waals surface area contributed by atoms with Crippen molar-refractivity contribution in [2.75, 3.05) is 7.05 Å². The molecule has 1 N–H and O–H groups in total. The predicted molar refractivity (Wildman–Crippen MR) is 72.6 cm³/mol. The maximum atomic E-state index is 5.19. The molecule has 2 heteroatoms. The summed E-state index contributed by atoms with van der Waals surface area (Å²) in [5.74, 6) is 0.784. The molecule has 2 aromatic rings. The second-order valence-corrected chi connectivity index (χ2v) is 5.08. The molecule has 1 heterocycles. The van der Waals surface area contributed by atoms with E-state index in [1.54, 1.807) is 6.26 Å². The first-order valence-electron chi connectivity index (χ1n) is 6.67. The summed E-state index contributed by atoms with van der Waals surface area (Å²) >= 11 is 0. The Morgan fingerprint density at radius 2 is 2.11 bits per heavy atom. The van der Waals surface area contributed by atoms with Crippen molar-refractivity contribution in [2.45, 2.75) is 31.2 Å². The van der Waals surface area contributed by atoms with E-state index in [0.717, 1.165) is 5.92 Å². The van der Waals surface area contributed by atoms with Gasteiger partial charge in [-0.15, -0.1) is 0 Å². The zero-order chi connectivity index (χ0) is 12.4. The lowest BCUT2D eigenvalue weighted by molar-refractivity contribution is 0.419. The monoisotopic (exact) mass is 241 g/mol. The quantitative estimate of drug-likeness (QED) is 0.879. The molecule has 1 unspecified atom stereocenters. The molecule has 1 aliphatic carbocycles. The average molecular weight is 241 g/mol. The topological polar surface area (TPSA) is 25.2 Å². The molecule has 2 nitrogen and oxygen atoms in total. The van der Waals surface area contributed by atoms with E-state index in [2.05, 4.69) is 29.6 Å². The van der Waals surface area contributed by atoms with Gasteiger partial charge in [0.25, 0.3) is 0 Å². The molecule has 1 saturated carbocycles. The summed E-state index contributed by atoms with van der Waals surface area (Å²) in [6.45, 7) is 0. The first kappa shape index (κ1) is 11.5. The summed E-state index contributed by atoms with van der Waals surface area (Å²) in [6, 6.07) is 11.2. The largest absolute Gasteiger partial charge is 0.472 e. The molecular formula is C16H19NO. The number of furan rings is 1. The highest BCUT2D eigenvalue weighted by atomic mass is 16.3. The van der Waals surface area contributed by atoms with Crippen molar-refractivity contribution in [2.24, 2.45) is 0 Å². The van der Waals surface area contributed by atoms with Crippen molar-refractivity contribution in [1.82, 2.24) is 5.32 Å². The van der Waals surface area contributed by atoms with Gasteiger partial charge in [0, 0.05) is 5.56 Å². The summed E-state index contributed by atoms with van der Waals surface area (Å²) in [7, 11) is 1.99. The maximum Gasteiger partial charge on any atom is 0.0953 e. The van der Waals surface area contributed by atoms with E-state index in [-0.39, 0.29) is 6.04 Å². The van der Waals surface area contributed by atoms with Crippen molar-refractivity contribution in [3.63, 3.8) is 0 Å². The van der Waals surface area contributed by atoms with Crippen molar-refractivity contribution < 1.29 is 4.42 Å². The molecule has 0 bridgehead atoms. The minimum Gasteiger partial charge on any atom is -0.472 e. The Kier molecular flexibility index (Phi) is 3.20. The molecule has 3 rings (SSSR count). The van der Waals surface area contributed by atoms with Gasteiger partial charge < -0.3 is 9.73 Å². The number of hydrogen-bond donors (Lipinski definition) is 1. The molecule has 0 radical (unpaired) electrons. The van der Waals surface area contributed by atoms with Crippen LogP contribution in [-0.4, -0.2) is 7.05 Å². The third-order valence-corrected chi connectivity index (χ3v) is 3.99. The average Bonchev–Trinajstić information content (AvgIpc) is 2.82. The fourth-order valence-electron chi connectivity index (χ4n) is 2.70. The molecule has 18 heavy (non-hydrogen) atoms. The third-order valence-electron chi connectivity index (χ3n) is 3.99. The van der Waals surface area contributed by atoms with E-state index in [4.69, 9.17) is 4.42 Å². The Morgan fingerprint density at radius 1 is 1.22 bits per heavy atom. The summed E-state index contributed by atoms with van der Waals surface area (Å²) < 4.78 is 5.19. The van der Waals surface area contributed by atoms with Gasteiger partial charge in [-0.1, -0.05) is 30.7 Å². The van der Waals surface area contributed by atoms with Crippen LogP contribution in [0.15, 0.2) is 47.3 Å². The number of hydrogen-bond acceptors (Lipinski definition) is 2. The number of rotatable bonds is 4. The van der Waals surface area contributed by atoms with Gasteiger partial charge in [0.15, 0.2) is 0 Å². The first-order valence-corrected chi connectivity index (χ1v) is 6.67. The van der Waals surface area contributed by atoms with Crippen LogP contribution in [0.4, 0.5) is 0 Å². The van der Waals surface area contributed by atoms with Gasteiger partial charge in [-0.3, -0.25) is 0 Å². The summed E-state index contributed by atoms with van der Waals surface area (Å²) in [6.07, 6.45) is 7.62. The van der Waals surface area contributed by atoms with Crippen LogP contribution in [0.3, 0.4) is 0 Å². The second kappa shape index (κ2) is 4.99. The van der Waals surface area contributed by atoms with Gasteiger partial charge >= 0.3 is 0 Å². The smallest absolute Gasteiger partial charge is 0.0953 e. The molecule has 1 aliphatic rings. The number of nitrogens with one attached hydrogen (secondary N) is 1. The van der Waals surface area contributed by atoms with Crippen molar-refractivity contribution in [3.8, 4) is 0 Å². The Balaban J connectivity index is 1.90. The van der Waals surface area contributed by atoms with Crippen molar-refractivity contribution >= 4 is 0 Å². The minimum atomic E-state index is 0.226. The Hall–Kier alpha value is -1.54. The second-order valence-electron chi connectivity index (χ2n) is 5.08. The molecule has 0 spiro atoms. The highest BCUT2D eigenvalue weighted by Crippen LogP contribution is 2.37. The van der Waals surface area contributed by atoms with Crippen molar-refractivity contribution in [1.29, 1.82) is 0 Å². The lowest BCUT2D eigenvalue weighted by Crippen LogP contribution is -2.18. The standard InChI is InChI=1S/C16H19NO/c1-17-16(15-8-9-18-11-15)14-7-3-6-13(10-14)12-4-2-5-12/h3,6-12,16-17H,2,4-5H2,1H3. The Labute approximate surface area is 108 Å². The highest BCUT2D eigenvalue weighted by Gasteiger charge is 2.21. The van der Waals surface area contributed by atoms with E-state index in [9.17, 15) is 0 Å². The van der Waals surface area contributed by atoms with E-state index in [1.165, 1.54) is 36.0 Å². The van der Waals surface area contributed by atoms with Gasteiger partial charge in [-0.2, -0.15) is 0 Å². The Bertz CT molecular complexity index is 500. The normalized spacial score (nSPS) is 17.4. The Morgan fingerprint density at radius 3 is 2.72 bits per heavy atom. The van der Waals surface area contributed by atoms with Crippen LogP contribution in [0.25, 0.3) is 0 Å².